The molecule has 0 aromatic carbocycles. The van der Waals surface area contributed by atoms with Crippen LogP contribution in [0.4, 0.5) is 4.79 Å². The van der Waals surface area contributed by atoms with E-state index in [1.54, 1.807) is 0 Å². The number of amides is 2. The standard InChI is InChI=1S/C15H26N2O3/c1-13(2)9-6-7-15(5,8-9)10(13)16-12(20)17-14(3,4)11(18)19/h9-10H,6-8H2,1-5H3,(H,18,19)(H2,16,17,20). The molecule has 2 fully saturated rings. The van der Waals surface area contributed by atoms with Crippen molar-refractivity contribution in [2.45, 2.75) is 65.5 Å². The molecule has 5 heteroatoms. The lowest BCUT2D eigenvalue weighted by molar-refractivity contribution is -0.142. The van der Waals surface area contributed by atoms with E-state index < -0.39 is 11.5 Å². The Hall–Kier alpha value is -1.26. The number of hydrogen-bond donors (Lipinski definition) is 3. The van der Waals surface area contributed by atoms with Gasteiger partial charge < -0.3 is 15.7 Å². The number of carboxylic acid groups (broad SMARTS) is 1. The van der Waals surface area contributed by atoms with Crippen molar-refractivity contribution in [1.82, 2.24) is 10.6 Å². The van der Waals surface area contributed by atoms with E-state index in [1.165, 1.54) is 20.3 Å². The molecule has 5 nitrogen and oxygen atoms in total. The molecule has 2 aliphatic rings. The lowest BCUT2D eigenvalue weighted by Gasteiger charge is -2.43. The topological polar surface area (TPSA) is 78.4 Å². The SMILES string of the molecule is CC(C)(NC(=O)NC1C2(C)CCC(C2)C1(C)C)C(=O)O. The number of carbonyl (C=O) groups excluding carboxylic acids is 1. The molecule has 3 atom stereocenters. The Morgan fingerprint density at radius 1 is 1.25 bits per heavy atom. The first-order valence-corrected chi connectivity index (χ1v) is 7.31. The van der Waals surface area contributed by atoms with Crippen LogP contribution in [0.25, 0.3) is 0 Å². The van der Waals surface area contributed by atoms with E-state index in [1.807, 2.05) is 0 Å². The molecule has 20 heavy (non-hydrogen) atoms. The Kier molecular flexibility index (Phi) is 3.30. The van der Waals surface area contributed by atoms with Crippen LogP contribution in [0.5, 0.6) is 0 Å². The number of fused-ring (bicyclic) bond motifs is 2. The number of aliphatic carboxylic acids is 1. The highest BCUT2D eigenvalue weighted by atomic mass is 16.4. The number of nitrogens with one attached hydrogen (secondary N) is 2. The minimum atomic E-state index is -1.26. The highest BCUT2D eigenvalue weighted by Crippen LogP contribution is 2.62. The van der Waals surface area contributed by atoms with Crippen LogP contribution in [0.3, 0.4) is 0 Å². The van der Waals surface area contributed by atoms with E-state index in [-0.39, 0.29) is 22.9 Å². The quantitative estimate of drug-likeness (QED) is 0.743. The van der Waals surface area contributed by atoms with Crippen molar-refractivity contribution in [2.75, 3.05) is 0 Å². The zero-order valence-corrected chi connectivity index (χ0v) is 13.0. The summed E-state index contributed by atoms with van der Waals surface area (Å²) in [5.74, 6) is -0.392. The maximum atomic E-state index is 12.1. The second-order valence-electron chi connectivity index (χ2n) is 7.88. The Balaban J connectivity index is 2.07. The predicted octanol–water partition coefficient (Wildman–Crippen LogP) is 2.36. The van der Waals surface area contributed by atoms with Crippen molar-refractivity contribution in [3.63, 3.8) is 0 Å². The fourth-order valence-electron chi connectivity index (χ4n) is 4.17. The van der Waals surface area contributed by atoms with Gasteiger partial charge in [0.15, 0.2) is 0 Å². The van der Waals surface area contributed by atoms with E-state index in [0.29, 0.717) is 5.92 Å². The van der Waals surface area contributed by atoms with Gasteiger partial charge in [-0.25, -0.2) is 9.59 Å². The third-order valence-electron chi connectivity index (χ3n) is 5.51. The summed E-state index contributed by atoms with van der Waals surface area (Å²) in [6.07, 6.45) is 3.51. The second-order valence-corrected chi connectivity index (χ2v) is 7.88. The molecule has 3 N–H and O–H groups in total. The summed E-state index contributed by atoms with van der Waals surface area (Å²) in [4.78, 5) is 23.2. The van der Waals surface area contributed by atoms with Crippen molar-refractivity contribution in [1.29, 1.82) is 0 Å². The predicted molar refractivity (Wildman–Crippen MR) is 76.4 cm³/mol. The minimum Gasteiger partial charge on any atom is -0.480 e. The first-order chi connectivity index (χ1) is 8.99. The van der Waals surface area contributed by atoms with Crippen LogP contribution >= 0.6 is 0 Å². The average Bonchev–Trinajstić information content (AvgIpc) is 2.75. The van der Waals surface area contributed by atoms with Gasteiger partial charge >= 0.3 is 12.0 Å². The number of rotatable bonds is 3. The molecular weight excluding hydrogens is 256 g/mol. The molecule has 2 amide bonds. The van der Waals surface area contributed by atoms with Crippen molar-refractivity contribution >= 4 is 12.0 Å². The monoisotopic (exact) mass is 282 g/mol. The van der Waals surface area contributed by atoms with Crippen LogP contribution < -0.4 is 10.6 Å². The fraction of sp³-hybridized carbons (Fsp3) is 0.867. The Morgan fingerprint density at radius 2 is 1.85 bits per heavy atom. The van der Waals surface area contributed by atoms with Crippen molar-refractivity contribution in [3.05, 3.63) is 0 Å². The summed E-state index contributed by atoms with van der Waals surface area (Å²) in [7, 11) is 0. The Labute approximate surface area is 120 Å². The molecule has 0 spiro atoms. The highest BCUT2D eigenvalue weighted by molar-refractivity contribution is 5.85. The van der Waals surface area contributed by atoms with Gasteiger partial charge in [0.2, 0.25) is 0 Å². The maximum Gasteiger partial charge on any atom is 0.328 e. The third-order valence-corrected chi connectivity index (χ3v) is 5.51. The molecule has 3 unspecified atom stereocenters. The molecule has 2 aliphatic carbocycles. The van der Waals surface area contributed by atoms with Crippen LogP contribution in [-0.2, 0) is 4.79 Å². The smallest absolute Gasteiger partial charge is 0.328 e. The summed E-state index contributed by atoms with van der Waals surface area (Å²) in [6, 6.07) is -0.289. The van der Waals surface area contributed by atoms with Gasteiger partial charge in [-0.15, -0.1) is 0 Å². The van der Waals surface area contributed by atoms with E-state index in [2.05, 4.69) is 31.4 Å². The van der Waals surface area contributed by atoms with E-state index in [0.717, 1.165) is 12.8 Å². The van der Waals surface area contributed by atoms with Crippen LogP contribution in [-0.4, -0.2) is 28.7 Å². The first-order valence-electron chi connectivity index (χ1n) is 7.31. The molecule has 0 aromatic heterocycles. The van der Waals surface area contributed by atoms with Crippen molar-refractivity contribution in [2.24, 2.45) is 16.7 Å². The minimum absolute atomic E-state index is 0.0672. The van der Waals surface area contributed by atoms with Gasteiger partial charge in [0.1, 0.15) is 5.54 Å². The van der Waals surface area contributed by atoms with E-state index in [9.17, 15) is 9.59 Å². The molecule has 2 bridgehead atoms. The molecule has 0 radical (unpaired) electrons. The lowest BCUT2D eigenvalue weighted by Crippen LogP contribution is -2.59. The van der Waals surface area contributed by atoms with Gasteiger partial charge in [0.05, 0.1) is 0 Å². The van der Waals surface area contributed by atoms with Crippen molar-refractivity contribution in [3.8, 4) is 0 Å². The number of carboxylic acids is 1. The largest absolute Gasteiger partial charge is 0.480 e. The highest BCUT2D eigenvalue weighted by Gasteiger charge is 2.59. The zero-order chi connectivity index (χ0) is 15.3. The van der Waals surface area contributed by atoms with Crippen molar-refractivity contribution < 1.29 is 14.7 Å². The van der Waals surface area contributed by atoms with Crippen LogP contribution in [0.15, 0.2) is 0 Å². The van der Waals surface area contributed by atoms with Gasteiger partial charge in [-0.05, 0) is 49.9 Å². The number of urea groups is 1. The molecule has 114 valence electrons. The lowest BCUT2D eigenvalue weighted by atomic mass is 9.68. The van der Waals surface area contributed by atoms with E-state index in [4.69, 9.17) is 5.11 Å². The van der Waals surface area contributed by atoms with Gasteiger partial charge in [-0.1, -0.05) is 20.8 Å². The Morgan fingerprint density at radius 3 is 2.30 bits per heavy atom. The maximum absolute atomic E-state index is 12.1. The number of hydrogen-bond acceptors (Lipinski definition) is 2. The van der Waals surface area contributed by atoms with Gasteiger partial charge in [0.25, 0.3) is 0 Å². The Bertz CT molecular complexity index is 440. The normalized spacial score (nSPS) is 34.9. The molecular formula is C15H26N2O3. The first kappa shape index (κ1) is 15.1. The van der Waals surface area contributed by atoms with Crippen LogP contribution in [0.1, 0.15) is 53.9 Å². The average molecular weight is 282 g/mol. The van der Waals surface area contributed by atoms with Gasteiger partial charge in [0, 0.05) is 6.04 Å². The summed E-state index contributed by atoms with van der Waals surface area (Å²) in [6.45, 7) is 9.62. The summed E-state index contributed by atoms with van der Waals surface area (Å²) < 4.78 is 0. The number of carbonyl (C=O) groups is 2. The molecule has 0 aliphatic heterocycles. The summed E-state index contributed by atoms with van der Waals surface area (Å²) >= 11 is 0. The molecule has 0 aromatic rings. The molecule has 2 rings (SSSR count). The molecule has 2 saturated carbocycles. The summed E-state index contributed by atoms with van der Waals surface area (Å²) in [5.41, 5.74) is -1.05. The van der Waals surface area contributed by atoms with Gasteiger partial charge in [-0.3, -0.25) is 0 Å². The van der Waals surface area contributed by atoms with Crippen LogP contribution in [0, 0.1) is 16.7 Å². The summed E-state index contributed by atoms with van der Waals surface area (Å²) in [5, 5.41) is 14.7. The van der Waals surface area contributed by atoms with E-state index >= 15 is 0 Å². The fourth-order valence-corrected chi connectivity index (χ4v) is 4.17. The molecule has 0 heterocycles. The zero-order valence-electron chi connectivity index (χ0n) is 13.0. The van der Waals surface area contributed by atoms with Gasteiger partial charge in [-0.2, -0.15) is 0 Å². The molecule has 0 saturated heterocycles. The van der Waals surface area contributed by atoms with Crippen LogP contribution in [0.2, 0.25) is 0 Å². The third kappa shape index (κ3) is 2.27. The second kappa shape index (κ2) is 4.37.